The summed E-state index contributed by atoms with van der Waals surface area (Å²) in [6.45, 7) is -0.458. The summed E-state index contributed by atoms with van der Waals surface area (Å²) in [5.74, 6) is 9.74. The molecule has 0 atom stereocenters. The summed E-state index contributed by atoms with van der Waals surface area (Å²) in [6.07, 6.45) is 0. The zero-order valence-corrected chi connectivity index (χ0v) is 9.54. The van der Waals surface area contributed by atoms with Gasteiger partial charge in [0.25, 0.3) is 0 Å². The Morgan fingerprint density at radius 3 is 2.94 bits per heavy atom. The Hall–Kier alpha value is -2.17. The fourth-order valence-electron chi connectivity index (χ4n) is 1.21. The highest BCUT2D eigenvalue weighted by Gasteiger charge is 2.13. The van der Waals surface area contributed by atoms with E-state index >= 15 is 0 Å². The summed E-state index contributed by atoms with van der Waals surface area (Å²) in [4.78, 5) is 14.6. The van der Waals surface area contributed by atoms with Crippen LogP contribution < -0.4 is 16.2 Å². The fraction of sp³-hybridized carbons (Fsp3) is 0.182. The third-order valence-corrected chi connectivity index (χ3v) is 2.00. The zero-order valence-electron chi connectivity index (χ0n) is 9.54. The first-order valence-electron chi connectivity index (χ1n) is 4.88. The second-order valence-electron chi connectivity index (χ2n) is 3.14. The van der Waals surface area contributed by atoms with Gasteiger partial charge in [0.1, 0.15) is 12.4 Å². The maximum absolute atomic E-state index is 13.1. The largest absolute Gasteiger partial charge is 0.340 e. The van der Waals surface area contributed by atoms with Crippen LogP contribution >= 0.6 is 0 Å². The number of benzene rings is 1. The van der Waals surface area contributed by atoms with Gasteiger partial charge in [0, 0.05) is 7.05 Å². The monoisotopic (exact) mass is 255 g/mol. The van der Waals surface area contributed by atoms with Crippen molar-refractivity contribution in [3.63, 3.8) is 0 Å². The number of nitrogens with zero attached hydrogens (tertiary/aromatic N) is 1. The van der Waals surface area contributed by atoms with Crippen LogP contribution in [0.1, 0.15) is 5.56 Å². The summed E-state index contributed by atoms with van der Waals surface area (Å²) < 4.78 is 24.5. The molecule has 0 aliphatic rings. The number of anilines is 1. The van der Waals surface area contributed by atoms with E-state index in [-0.39, 0.29) is 11.3 Å². The number of amides is 2. The lowest BCUT2D eigenvalue weighted by Gasteiger charge is -2.17. The second kappa shape index (κ2) is 6.54. The van der Waals surface area contributed by atoms with Crippen molar-refractivity contribution in [3.05, 3.63) is 29.6 Å². The summed E-state index contributed by atoms with van der Waals surface area (Å²) in [5, 5.41) is 3.09. The van der Waals surface area contributed by atoms with Gasteiger partial charge in [0.2, 0.25) is 0 Å². The lowest BCUT2D eigenvalue weighted by Crippen LogP contribution is -2.43. The third kappa shape index (κ3) is 3.41. The van der Waals surface area contributed by atoms with E-state index in [2.05, 4.69) is 22.1 Å². The summed E-state index contributed by atoms with van der Waals surface area (Å²) in [7, 11) is 1.40. The van der Waals surface area contributed by atoms with Crippen molar-refractivity contribution >= 4 is 11.7 Å². The van der Waals surface area contributed by atoms with Crippen molar-refractivity contribution in [2.24, 2.45) is 5.84 Å². The first-order chi connectivity index (χ1) is 8.60. The van der Waals surface area contributed by atoms with Crippen molar-refractivity contribution in [2.75, 3.05) is 18.7 Å². The minimum absolute atomic E-state index is 0.151. The average Bonchev–Trinajstić information content (AvgIpc) is 2.37. The Labute approximate surface area is 102 Å². The van der Waals surface area contributed by atoms with E-state index in [0.717, 1.165) is 17.1 Å². The molecule has 18 heavy (non-hydrogen) atoms. The highest BCUT2D eigenvalue weighted by Crippen LogP contribution is 2.18. The van der Waals surface area contributed by atoms with Crippen LogP contribution in [0.4, 0.5) is 19.4 Å². The number of nitrogens with one attached hydrogen (secondary N) is 1. The Bertz CT molecular complexity index is 497. The summed E-state index contributed by atoms with van der Waals surface area (Å²) in [5.41, 5.74) is 0.347. The first-order valence-corrected chi connectivity index (χ1v) is 4.88. The molecule has 96 valence electrons. The number of hydrazine groups is 1. The Kier molecular flexibility index (Phi) is 5.05. The Morgan fingerprint density at radius 1 is 1.61 bits per heavy atom. The molecule has 1 rings (SSSR count). The molecule has 0 heterocycles. The molecule has 5 nitrogen and oxygen atoms in total. The summed E-state index contributed by atoms with van der Waals surface area (Å²) >= 11 is 0. The smallest absolute Gasteiger partial charge is 0.336 e. The van der Waals surface area contributed by atoms with E-state index in [1.165, 1.54) is 13.1 Å². The molecule has 2 amide bonds. The molecule has 0 aliphatic carbocycles. The molecule has 0 radical (unpaired) electrons. The lowest BCUT2D eigenvalue weighted by atomic mass is 10.1. The highest BCUT2D eigenvalue weighted by molar-refractivity contribution is 5.92. The predicted octanol–water partition coefficient (Wildman–Crippen LogP) is 1.10. The first kappa shape index (κ1) is 13.9. The normalized spacial score (nSPS) is 9.33. The molecule has 1 aromatic rings. The number of carbonyl (C=O) groups is 1. The molecule has 0 bridgehead atoms. The average molecular weight is 255 g/mol. The number of nitrogens with two attached hydrogens (primary N) is 1. The van der Waals surface area contributed by atoms with E-state index < -0.39 is 18.5 Å². The SMILES string of the molecule is CNC(=O)N(N)c1ccc(F)cc1C#CCOF. The van der Waals surface area contributed by atoms with Crippen LogP contribution in [0.5, 0.6) is 0 Å². The topological polar surface area (TPSA) is 67.6 Å². The van der Waals surface area contributed by atoms with Crippen LogP contribution in [0.2, 0.25) is 0 Å². The number of rotatable bonds is 2. The molecule has 0 fully saturated rings. The second-order valence-corrected chi connectivity index (χ2v) is 3.14. The van der Waals surface area contributed by atoms with Gasteiger partial charge < -0.3 is 5.32 Å². The van der Waals surface area contributed by atoms with Crippen molar-refractivity contribution in [2.45, 2.75) is 0 Å². The van der Waals surface area contributed by atoms with Crippen LogP contribution in [-0.4, -0.2) is 19.7 Å². The van der Waals surface area contributed by atoms with Gasteiger partial charge in [-0.1, -0.05) is 11.8 Å². The molecule has 3 N–H and O–H groups in total. The van der Waals surface area contributed by atoms with E-state index in [9.17, 15) is 13.7 Å². The number of urea groups is 1. The van der Waals surface area contributed by atoms with Crippen LogP contribution in [0, 0.1) is 17.7 Å². The Morgan fingerprint density at radius 2 is 2.33 bits per heavy atom. The van der Waals surface area contributed by atoms with Crippen molar-refractivity contribution in [3.8, 4) is 11.8 Å². The summed E-state index contributed by atoms with van der Waals surface area (Å²) in [6, 6.07) is 2.93. The lowest BCUT2D eigenvalue weighted by molar-refractivity contribution is -0.115. The van der Waals surface area contributed by atoms with E-state index in [1.807, 2.05) is 0 Å². The van der Waals surface area contributed by atoms with E-state index in [0.29, 0.717) is 0 Å². The van der Waals surface area contributed by atoms with Crippen molar-refractivity contribution < 1.29 is 18.7 Å². The molecule has 0 aliphatic heterocycles. The molecule has 0 aromatic heterocycles. The zero-order chi connectivity index (χ0) is 13.5. The van der Waals surface area contributed by atoms with Crippen LogP contribution in [-0.2, 0) is 4.94 Å². The van der Waals surface area contributed by atoms with E-state index in [4.69, 9.17) is 5.84 Å². The van der Waals surface area contributed by atoms with Crippen LogP contribution in [0.3, 0.4) is 0 Å². The molecule has 7 heteroatoms. The van der Waals surface area contributed by atoms with Crippen molar-refractivity contribution in [1.82, 2.24) is 5.32 Å². The number of halogens is 2. The minimum Gasteiger partial charge on any atom is -0.340 e. The molecule has 0 spiro atoms. The third-order valence-electron chi connectivity index (χ3n) is 2.00. The molecule has 1 aromatic carbocycles. The predicted molar refractivity (Wildman–Crippen MR) is 61.5 cm³/mol. The van der Waals surface area contributed by atoms with Gasteiger partial charge in [-0.05, 0) is 22.7 Å². The minimum atomic E-state index is -0.591. The molecule has 0 unspecified atom stereocenters. The van der Waals surface area contributed by atoms with Crippen LogP contribution in [0.25, 0.3) is 0 Å². The highest BCUT2D eigenvalue weighted by atomic mass is 19.3. The van der Waals surface area contributed by atoms with Gasteiger partial charge in [-0.3, -0.25) is 0 Å². The standard InChI is InChI=1S/C11H11F2N3O2/c1-15-11(17)16(14)10-5-4-9(12)7-8(10)3-2-6-18-13/h4-5,7H,6,14H2,1H3,(H,15,17). The van der Waals surface area contributed by atoms with Gasteiger partial charge in [-0.15, -0.1) is 0 Å². The molecular formula is C11H11F2N3O2. The van der Waals surface area contributed by atoms with Gasteiger partial charge in [0.05, 0.1) is 11.3 Å². The number of hydrogen-bond donors (Lipinski definition) is 2. The van der Waals surface area contributed by atoms with Gasteiger partial charge in [-0.25, -0.2) is 20.0 Å². The molecular weight excluding hydrogens is 244 g/mol. The van der Waals surface area contributed by atoms with Gasteiger partial charge in [0.15, 0.2) is 0 Å². The quantitative estimate of drug-likeness (QED) is 0.360. The van der Waals surface area contributed by atoms with Crippen LogP contribution in [0.15, 0.2) is 18.2 Å². The van der Waals surface area contributed by atoms with Gasteiger partial charge in [-0.2, -0.15) is 4.94 Å². The van der Waals surface area contributed by atoms with Gasteiger partial charge >= 0.3 is 6.03 Å². The Balaban J connectivity index is 3.12. The fourth-order valence-corrected chi connectivity index (χ4v) is 1.21. The maximum Gasteiger partial charge on any atom is 0.336 e. The van der Waals surface area contributed by atoms with E-state index in [1.54, 1.807) is 0 Å². The maximum atomic E-state index is 13.1. The molecule has 0 saturated heterocycles. The van der Waals surface area contributed by atoms with Crippen molar-refractivity contribution in [1.29, 1.82) is 0 Å². The number of carbonyl (C=O) groups excluding carboxylic acids is 1. The molecule has 0 saturated carbocycles. The number of hydrogen-bond acceptors (Lipinski definition) is 3.